The number of carboxylic acids is 1. The molecule has 1 N–H and O–H groups in total. The second kappa shape index (κ2) is 6.99. The Kier molecular flexibility index (Phi) is 5.96. The minimum atomic E-state index is -4.59. The van der Waals surface area contributed by atoms with E-state index in [-0.39, 0.29) is 5.41 Å². The van der Waals surface area contributed by atoms with Crippen molar-refractivity contribution in [3.05, 3.63) is 34.9 Å². The van der Waals surface area contributed by atoms with Crippen LogP contribution in [0.25, 0.3) is 6.08 Å². The van der Waals surface area contributed by atoms with E-state index in [2.05, 4.69) is 0 Å². The first-order valence-corrected chi connectivity index (χ1v) is 8.21. The van der Waals surface area contributed by atoms with Crippen LogP contribution in [0.2, 0.25) is 0 Å². The molecule has 2 nitrogen and oxygen atoms in total. The summed E-state index contributed by atoms with van der Waals surface area (Å²) in [6.07, 6.45) is -3.45. The van der Waals surface area contributed by atoms with Crippen molar-refractivity contribution >= 4 is 23.8 Å². The van der Waals surface area contributed by atoms with Gasteiger partial charge >= 0.3 is 12.1 Å². The van der Waals surface area contributed by atoms with Gasteiger partial charge in [0.25, 0.3) is 0 Å². The van der Waals surface area contributed by atoms with E-state index < -0.39 is 23.0 Å². The van der Waals surface area contributed by atoms with Crippen molar-refractivity contribution in [1.29, 1.82) is 0 Å². The zero-order valence-electron chi connectivity index (χ0n) is 13.8. The predicted octanol–water partition coefficient (Wildman–Crippen LogP) is 5.51. The van der Waals surface area contributed by atoms with Crippen molar-refractivity contribution in [2.24, 2.45) is 0 Å². The molecule has 0 saturated carbocycles. The first-order chi connectivity index (χ1) is 10.5. The minimum absolute atomic E-state index is 0.155. The normalized spacial score (nSPS) is 17.6. The number of carbonyl (C=O) groups is 1. The minimum Gasteiger partial charge on any atom is -0.478 e. The predicted molar refractivity (Wildman–Crippen MR) is 87.8 cm³/mol. The Bertz CT molecular complexity index is 613. The summed E-state index contributed by atoms with van der Waals surface area (Å²) in [4.78, 5) is 11.6. The Morgan fingerprint density at radius 1 is 1.17 bits per heavy atom. The highest BCUT2D eigenvalue weighted by Gasteiger charge is 2.46. The van der Waals surface area contributed by atoms with Gasteiger partial charge in [-0.3, -0.25) is 0 Å². The number of benzene rings is 1. The molecule has 128 valence electrons. The second-order valence-electron chi connectivity index (χ2n) is 5.95. The van der Waals surface area contributed by atoms with E-state index in [0.717, 1.165) is 11.6 Å². The third-order valence-electron chi connectivity index (χ3n) is 3.26. The molecule has 1 aliphatic rings. The van der Waals surface area contributed by atoms with Gasteiger partial charge in [0.2, 0.25) is 0 Å². The Morgan fingerprint density at radius 2 is 1.74 bits per heavy atom. The van der Waals surface area contributed by atoms with Gasteiger partial charge < -0.3 is 5.11 Å². The van der Waals surface area contributed by atoms with Crippen molar-refractivity contribution in [3.63, 3.8) is 0 Å². The van der Waals surface area contributed by atoms with Crippen LogP contribution in [-0.2, 0) is 10.2 Å². The number of rotatable bonds is 1. The van der Waals surface area contributed by atoms with Crippen LogP contribution in [-0.4, -0.2) is 22.5 Å². The highest BCUT2D eigenvalue weighted by atomic mass is 32.2. The Balaban J connectivity index is 0.00000127. The van der Waals surface area contributed by atoms with Crippen LogP contribution in [0.1, 0.15) is 45.7 Å². The number of halogens is 3. The zero-order chi connectivity index (χ0) is 18.0. The topological polar surface area (TPSA) is 37.3 Å². The highest BCUT2D eigenvalue weighted by Crippen LogP contribution is 2.45. The van der Waals surface area contributed by atoms with Crippen LogP contribution in [0, 0.1) is 0 Å². The van der Waals surface area contributed by atoms with Gasteiger partial charge in [0.1, 0.15) is 5.25 Å². The molecule has 0 spiro atoms. The molecule has 1 atom stereocenters. The number of alkyl halides is 3. The third-order valence-corrected chi connectivity index (χ3v) is 4.64. The molecular formula is C17H21F3O2S. The molecule has 1 aromatic carbocycles. The van der Waals surface area contributed by atoms with Gasteiger partial charge in [-0.25, -0.2) is 4.79 Å². The molecular weight excluding hydrogens is 325 g/mol. The van der Waals surface area contributed by atoms with Crippen LogP contribution in [0.3, 0.4) is 0 Å². The van der Waals surface area contributed by atoms with Crippen LogP contribution >= 0.6 is 11.8 Å². The standard InChI is InChI=1S/C15H15F3O2S.C2H6/c1-14(2,3)9-4-5-11-8(6-9)7-10(13(19)20)12(21-11)15(16,17)18;1-2/h4-7,12H,1-3H3,(H,19,20);1-2H3. The number of carboxylic acid groups (broad SMARTS) is 1. The smallest absolute Gasteiger partial charge is 0.405 e. The molecule has 0 amide bonds. The summed E-state index contributed by atoms with van der Waals surface area (Å²) in [5, 5.41) is 7.02. The second-order valence-corrected chi connectivity index (χ2v) is 7.09. The summed E-state index contributed by atoms with van der Waals surface area (Å²) in [5.74, 6) is -1.53. The van der Waals surface area contributed by atoms with Gasteiger partial charge in [-0.1, -0.05) is 46.8 Å². The fraction of sp³-hybridized carbons (Fsp3) is 0.471. The molecule has 23 heavy (non-hydrogen) atoms. The van der Waals surface area contributed by atoms with Crippen LogP contribution in [0.5, 0.6) is 0 Å². The first kappa shape index (κ1) is 19.6. The Hall–Kier alpha value is -1.43. The van der Waals surface area contributed by atoms with E-state index in [1.807, 2.05) is 34.6 Å². The molecule has 1 aromatic rings. The average Bonchev–Trinajstić information content (AvgIpc) is 2.45. The quantitative estimate of drug-likeness (QED) is 0.728. The summed E-state index contributed by atoms with van der Waals surface area (Å²) in [6.45, 7) is 9.97. The number of fused-ring (bicyclic) bond motifs is 1. The summed E-state index contributed by atoms with van der Waals surface area (Å²) in [7, 11) is 0. The number of hydrogen-bond acceptors (Lipinski definition) is 2. The fourth-order valence-electron chi connectivity index (χ4n) is 2.09. The van der Waals surface area contributed by atoms with Crippen molar-refractivity contribution in [2.45, 2.75) is 56.4 Å². The summed E-state index contributed by atoms with van der Waals surface area (Å²) < 4.78 is 39.0. The van der Waals surface area contributed by atoms with E-state index in [1.165, 1.54) is 0 Å². The molecule has 0 aromatic heterocycles. The third kappa shape index (κ3) is 4.53. The van der Waals surface area contributed by atoms with Gasteiger partial charge in [-0.2, -0.15) is 13.2 Å². The van der Waals surface area contributed by atoms with E-state index in [1.54, 1.807) is 18.2 Å². The van der Waals surface area contributed by atoms with Crippen molar-refractivity contribution in [3.8, 4) is 0 Å². The van der Waals surface area contributed by atoms with Crippen LogP contribution < -0.4 is 0 Å². The lowest BCUT2D eigenvalue weighted by atomic mass is 9.86. The lowest BCUT2D eigenvalue weighted by Gasteiger charge is -2.27. The number of aliphatic carboxylic acids is 1. The maximum absolute atomic E-state index is 13.0. The fourth-order valence-corrected chi connectivity index (χ4v) is 3.17. The molecule has 1 unspecified atom stereocenters. The molecule has 6 heteroatoms. The summed E-state index contributed by atoms with van der Waals surface area (Å²) >= 11 is 0.546. The molecule has 1 aliphatic heterocycles. The molecule has 0 radical (unpaired) electrons. The molecule has 0 bridgehead atoms. The lowest BCUT2D eigenvalue weighted by Crippen LogP contribution is -2.32. The highest BCUT2D eigenvalue weighted by molar-refractivity contribution is 8.00. The van der Waals surface area contributed by atoms with Crippen molar-refractivity contribution < 1.29 is 23.1 Å². The van der Waals surface area contributed by atoms with E-state index in [9.17, 15) is 18.0 Å². The Labute approximate surface area is 138 Å². The molecule has 0 aliphatic carbocycles. The zero-order valence-corrected chi connectivity index (χ0v) is 14.6. The molecule has 1 heterocycles. The van der Waals surface area contributed by atoms with Gasteiger partial charge in [0.05, 0.1) is 5.57 Å². The average molecular weight is 346 g/mol. The SMILES string of the molecule is CC.CC(C)(C)c1ccc2c(c1)C=C(C(=O)O)C(C(F)(F)F)S2. The maximum atomic E-state index is 13.0. The van der Waals surface area contributed by atoms with E-state index >= 15 is 0 Å². The number of hydrogen-bond donors (Lipinski definition) is 1. The summed E-state index contributed by atoms with van der Waals surface area (Å²) in [5.41, 5.74) is 0.710. The van der Waals surface area contributed by atoms with Gasteiger partial charge in [-0.05, 0) is 28.7 Å². The van der Waals surface area contributed by atoms with Crippen LogP contribution in [0.15, 0.2) is 28.7 Å². The monoisotopic (exact) mass is 346 g/mol. The molecule has 0 saturated heterocycles. The molecule has 0 fully saturated rings. The van der Waals surface area contributed by atoms with Crippen molar-refractivity contribution in [2.75, 3.05) is 0 Å². The van der Waals surface area contributed by atoms with Gasteiger partial charge in [0, 0.05) is 4.90 Å². The molecule has 2 rings (SSSR count). The largest absolute Gasteiger partial charge is 0.478 e. The Morgan fingerprint density at radius 3 is 2.17 bits per heavy atom. The number of thioether (sulfide) groups is 1. The van der Waals surface area contributed by atoms with Gasteiger partial charge in [0.15, 0.2) is 0 Å². The van der Waals surface area contributed by atoms with E-state index in [4.69, 9.17) is 5.11 Å². The van der Waals surface area contributed by atoms with Crippen LogP contribution in [0.4, 0.5) is 13.2 Å². The summed E-state index contributed by atoms with van der Waals surface area (Å²) in [6, 6.07) is 5.19. The first-order valence-electron chi connectivity index (χ1n) is 7.33. The lowest BCUT2D eigenvalue weighted by molar-refractivity contribution is -0.140. The van der Waals surface area contributed by atoms with E-state index in [0.29, 0.717) is 22.2 Å². The van der Waals surface area contributed by atoms with Crippen molar-refractivity contribution in [1.82, 2.24) is 0 Å². The van der Waals surface area contributed by atoms with Gasteiger partial charge in [-0.15, -0.1) is 11.8 Å². The maximum Gasteiger partial charge on any atom is 0.405 e.